The van der Waals surface area contributed by atoms with Gasteiger partial charge in [0.25, 0.3) is 0 Å². The van der Waals surface area contributed by atoms with Crippen molar-refractivity contribution in [2.24, 2.45) is 0 Å². The van der Waals surface area contributed by atoms with E-state index in [1.54, 1.807) is 18.2 Å². The molecule has 0 atom stereocenters. The highest BCUT2D eigenvalue weighted by molar-refractivity contribution is 5.96. The second-order valence-electron chi connectivity index (χ2n) is 6.60. The molecule has 0 bridgehead atoms. The molecule has 1 fully saturated rings. The summed E-state index contributed by atoms with van der Waals surface area (Å²) in [6, 6.07) is 15.5. The van der Waals surface area contributed by atoms with Crippen LogP contribution in [-0.2, 0) is 9.53 Å². The number of benzene rings is 2. The Kier molecular flexibility index (Phi) is 5.96. The lowest BCUT2D eigenvalue weighted by atomic mass is 10.1. The number of rotatable bonds is 5. The molecule has 0 unspecified atom stereocenters. The number of carbonyl (C=O) groups excluding carboxylic acids is 2. The van der Waals surface area contributed by atoms with E-state index in [9.17, 15) is 9.59 Å². The molecule has 1 heterocycles. The number of anilines is 2. The molecule has 0 aliphatic carbocycles. The van der Waals surface area contributed by atoms with Crippen LogP contribution < -0.4 is 10.2 Å². The SMILES string of the molecule is COC(=O)c1ccccc1NCC(=O)N1CCN(c2cccc(C)c2)CC1. The van der Waals surface area contributed by atoms with Gasteiger partial charge in [0.15, 0.2) is 0 Å². The lowest BCUT2D eigenvalue weighted by Gasteiger charge is -2.36. The highest BCUT2D eigenvalue weighted by Crippen LogP contribution is 2.18. The quantitative estimate of drug-likeness (QED) is 0.823. The number of hydrogen-bond acceptors (Lipinski definition) is 5. The van der Waals surface area contributed by atoms with Gasteiger partial charge in [-0.3, -0.25) is 4.79 Å². The first kappa shape index (κ1) is 18.8. The van der Waals surface area contributed by atoms with E-state index in [1.807, 2.05) is 11.0 Å². The molecule has 0 aromatic heterocycles. The summed E-state index contributed by atoms with van der Waals surface area (Å²) >= 11 is 0. The maximum absolute atomic E-state index is 12.5. The summed E-state index contributed by atoms with van der Waals surface area (Å²) in [5.74, 6) is -0.393. The smallest absolute Gasteiger partial charge is 0.339 e. The summed E-state index contributed by atoms with van der Waals surface area (Å²) in [4.78, 5) is 28.5. The Bertz CT molecular complexity index is 814. The van der Waals surface area contributed by atoms with Crippen molar-refractivity contribution in [2.75, 3.05) is 50.1 Å². The molecule has 142 valence electrons. The number of methoxy groups -OCH3 is 1. The molecule has 2 aromatic carbocycles. The first-order chi connectivity index (χ1) is 13.1. The maximum atomic E-state index is 12.5. The molecular formula is C21H25N3O3. The van der Waals surface area contributed by atoms with E-state index in [2.05, 4.69) is 41.4 Å². The average Bonchev–Trinajstić information content (AvgIpc) is 2.71. The number of nitrogens with one attached hydrogen (secondary N) is 1. The van der Waals surface area contributed by atoms with Gasteiger partial charge >= 0.3 is 5.97 Å². The van der Waals surface area contributed by atoms with Gasteiger partial charge in [0.05, 0.1) is 19.2 Å². The van der Waals surface area contributed by atoms with Gasteiger partial charge in [-0.05, 0) is 36.8 Å². The Morgan fingerprint density at radius 3 is 2.48 bits per heavy atom. The first-order valence-electron chi connectivity index (χ1n) is 9.09. The fourth-order valence-electron chi connectivity index (χ4n) is 3.25. The van der Waals surface area contributed by atoms with Crippen molar-refractivity contribution in [3.8, 4) is 0 Å². The highest BCUT2D eigenvalue weighted by atomic mass is 16.5. The van der Waals surface area contributed by atoms with Crippen LogP contribution in [0.2, 0.25) is 0 Å². The lowest BCUT2D eigenvalue weighted by Crippen LogP contribution is -2.50. The molecule has 1 aliphatic rings. The molecule has 1 saturated heterocycles. The summed E-state index contributed by atoms with van der Waals surface area (Å²) in [5.41, 5.74) is 3.47. The second-order valence-corrected chi connectivity index (χ2v) is 6.60. The zero-order valence-electron chi connectivity index (χ0n) is 15.8. The van der Waals surface area contributed by atoms with Crippen LogP contribution in [0, 0.1) is 6.92 Å². The van der Waals surface area contributed by atoms with E-state index in [-0.39, 0.29) is 12.5 Å². The average molecular weight is 367 g/mol. The van der Waals surface area contributed by atoms with Crippen LogP contribution in [0.5, 0.6) is 0 Å². The van der Waals surface area contributed by atoms with Gasteiger partial charge in [-0.15, -0.1) is 0 Å². The van der Waals surface area contributed by atoms with Gasteiger partial charge in [-0.1, -0.05) is 24.3 Å². The van der Waals surface area contributed by atoms with Crippen LogP contribution in [0.25, 0.3) is 0 Å². The maximum Gasteiger partial charge on any atom is 0.339 e. The molecule has 0 saturated carbocycles. The Labute approximate surface area is 159 Å². The van der Waals surface area contributed by atoms with E-state index >= 15 is 0 Å². The van der Waals surface area contributed by atoms with Crippen molar-refractivity contribution in [3.63, 3.8) is 0 Å². The second kappa shape index (κ2) is 8.58. The summed E-state index contributed by atoms with van der Waals surface area (Å²) in [6.45, 7) is 5.24. The minimum Gasteiger partial charge on any atom is -0.465 e. The zero-order chi connectivity index (χ0) is 19.2. The topological polar surface area (TPSA) is 61.9 Å². The third-order valence-corrected chi connectivity index (χ3v) is 4.76. The molecule has 1 aliphatic heterocycles. The molecule has 1 N–H and O–H groups in total. The third-order valence-electron chi connectivity index (χ3n) is 4.76. The molecule has 27 heavy (non-hydrogen) atoms. The predicted molar refractivity (Wildman–Crippen MR) is 106 cm³/mol. The predicted octanol–water partition coefficient (Wildman–Crippen LogP) is 2.54. The summed E-state index contributed by atoms with van der Waals surface area (Å²) in [5, 5.41) is 3.07. The number of esters is 1. The summed E-state index contributed by atoms with van der Waals surface area (Å²) in [7, 11) is 1.35. The van der Waals surface area contributed by atoms with Crippen molar-refractivity contribution in [3.05, 3.63) is 59.7 Å². The van der Waals surface area contributed by atoms with E-state index in [4.69, 9.17) is 4.74 Å². The highest BCUT2D eigenvalue weighted by Gasteiger charge is 2.21. The molecular weight excluding hydrogens is 342 g/mol. The van der Waals surface area contributed by atoms with Crippen LogP contribution in [-0.4, -0.2) is 56.6 Å². The fourth-order valence-corrected chi connectivity index (χ4v) is 3.25. The Balaban J connectivity index is 1.54. The van der Waals surface area contributed by atoms with Crippen LogP contribution in [0.15, 0.2) is 48.5 Å². The molecule has 3 rings (SSSR count). The molecule has 0 radical (unpaired) electrons. The largest absolute Gasteiger partial charge is 0.465 e. The normalized spacial score (nSPS) is 14.0. The Hall–Kier alpha value is -3.02. The van der Waals surface area contributed by atoms with E-state index in [0.717, 1.165) is 13.1 Å². The van der Waals surface area contributed by atoms with Gasteiger partial charge < -0.3 is 19.9 Å². The third kappa shape index (κ3) is 4.58. The minimum atomic E-state index is -0.419. The molecule has 1 amide bonds. The summed E-state index contributed by atoms with van der Waals surface area (Å²) < 4.78 is 4.78. The van der Waals surface area contributed by atoms with Crippen molar-refractivity contribution in [2.45, 2.75) is 6.92 Å². The number of carbonyl (C=O) groups is 2. The Morgan fingerprint density at radius 2 is 1.78 bits per heavy atom. The van der Waals surface area contributed by atoms with Crippen LogP contribution in [0.1, 0.15) is 15.9 Å². The number of amides is 1. The standard InChI is InChI=1S/C21H25N3O3/c1-16-6-5-7-17(14-16)23-10-12-24(13-11-23)20(25)15-22-19-9-4-3-8-18(19)21(26)27-2/h3-9,14,22H,10-13,15H2,1-2H3. The monoisotopic (exact) mass is 367 g/mol. The molecule has 6 heteroatoms. The number of para-hydroxylation sites is 1. The Morgan fingerprint density at radius 1 is 1.04 bits per heavy atom. The lowest BCUT2D eigenvalue weighted by molar-refractivity contribution is -0.129. The number of hydrogen-bond donors (Lipinski definition) is 1. The minimum absolute atomic E-state index is 0.0264. The van der Waals surface area contributed by atoms with Crippen molar-refractivity contribution in [1.82, 2.24) is 4.90 Å². The molecule has 6 nitrogen and oxygen atoms in total. The zero-order valence-corrected chi connectivity index (χ0v) is 15.8. The van der Waals surface area contributed by atoms with Crippen LogP contribution in [0.4, 0.5) is 11.4 Å². The number of nitrogens with zero attached hydrogens (tertiary/aromatic N) is 2. The van der Waals surface area contributed by atoms with Gasteiger partial charge in [-0.2, -0.15) is 0 Å². The van der Waals surface area contributed by atoms with Gasteiger partial charge in [0.1, 0.15) is 0 Å². The van der Waals surface area contributed by atoms with E-state index in [1.165, 1.54) is 18.4 Å². The molecule has 0 spiro atoms. The van der Waals surface area contributed by atoms with E-state index in [0.29, 0.717) is 24.3 Å². The van der Waals surface area contributed by atoms with Crippen molar-refractivity contribution in [1.29, 1.82) is 0 Å². The van der Waals surface area contributed by atoms with Crippen molar-refractivity contribution < 1.29 is 14.3 Å². The van der Waals surface area contributed by atoms with Crippen LogP contribution >= 0.6 is 0 Å². The van der Waals surface area contributed by atoms with Crippen molar-refractivity contribution >= 4 is 23.3 Å². The fraction of sp³-hybridized carbons (Fsp3) is 0.333. The van der Waals surface area contributed by atoms with E-state index < -0.39 is 5.97 Å². The van der Waals surface area contributed by atoms with Gasteiger partial charge in [0, 0.05) is 37.6 Å². The van der Waals surface area contributed by atoms with Gasteiger partial charge in [-0.25, -0.2) is 4.79 Å². The van der Waals surface area contributed by atoms with Gasteiger partial charge in [0.2, 0.25) is 5.91 Å². The van der Waals surface area contributed by atoms with Crippen LogP contribution in [0.3, 0.4) is 0 Å². The number of aryl methyl sites for hydroxylation is 1. The molecule has 2 aromatic rings. The summed E-state index contributed by atoms with van der Waals surface area (Å²) in [6.07, 6.45) is 0. The number of piperazine rings is 1. The first-order valence-corrected chi connectivity index (χ1v) is 9.09. The number of ether oxygens (including phenoxy) is 1.